The number of aromatic nitrogens is 2. The Labute approximate surface area is 108 Å². The van der Waals surface area contributed by atoms with Gasteiger partial charge in [-0.2, -0.15) is 0 Å². The average Bonchev–Trinajstić information content (AvgIpc) is 2.72. The summed E-state index contributed by atoms with van der Waals surface area (Å²) in [5, 5.41) is 0. The van der Waals surface area contributed by atoms with E-state index in [4.69, 9.17) is 10.5 Å². The maximum atomic E-state index is 5.74. The maximum Gasteiger partial charge on any atom is 0.111 e. The van der Waals surface area contributed by atoms with Crippen LogP contribution >= 0.6 is 0 Å². The predicted octanol–water partition coefficient (Wildman–Crippen LogP) is 2.00. The molecule has 4 nitrogen and oxygen atoms in total. The molecule has 0 radical (unpaired) electrons. The molecule has 0 atom stereocenters. The molecule has 0 fully saturated rings. The van der Waals surface area contributed by atoms with Gasteiger partial charge in [0.05, 0.1) is 17.6 Å². The summed E-state index contributed by atoms with van der Waals surface area (Å²) in [4.78, 5) is 4.68. The van der Waals surface area contributed by atoms with Crippen molar-refractivity contribution in [2.75, 3.05) is 13.2 Å². The number of imidazole rings is 1. The molecule has 0 spiro atoms. The van der Waals surface area contributed by atoms with E-state index in [1.807, 2.05) is 19.2 Å². The third-order valence-corrected chi connectivity index (χ3v) is 3.13. The third kappa shape index (κ3) is 2.54. The van der Waals surface area contributed by atoms with E-state index in [-0.39, 0.29) is 0 Å². The van der Waals surface area contributed by atoms with Gasteiger partial charge in [0.2, 0.25) is 0 Å². The van der Waals surface area contributed by atoms with Crippen molar-refractivity contribution in [2.24, 2.45) is 12.8 Å². The highest BCUT2D eigenvalue weighted by Crippen LogP contribution is 2.19. The van der Waals surface area contributed by atoms with Gasteiger partial charge in [0.15, 0.2) is 0 Å². The molecule has 1 aromatic heterocycles. The van der Waals surface area contributed by atoms with E-state index in [1.165, 1.54) is 0 Å². The summed E-state index contributed by atoms with van der Waals surface area (Å²) in [6, 6.07) is 6.15. The van der Waals surface area contributed by atoms with Crippen LogP contribution in [0.15, 0.2) is 18.2 Å². The number of nitrogens with two attached hydrogens (primary N) is 1. The molecule has 1 aromatic carbocycles. The first-order valence-corrected chi connectivity index (χ1v) is 6.49. The highest BCUT2D eigenvalue weighted by molar-refractivity contribution is 5.79. The molecule has 0 amide bonds. The van der Waals surface area contributed by atoms with Crippen molar-refractivity contribution in [1.29, 1.82) is 0 Å². The first kappa shape index (κ1) is 13.1. The fourth-order valence-electron chi connectivity index (χ4n) is 2.12. The van der Waals surface area contributed by atoms with Gasteiger partial charge in [-0.25, -0.2) is 4.98 Å². The average molecular weight is 247 g/mol. The molecule has 98 valence electrons. The second kappa shape index (κ2) is 5.98. The molecular formula is C14H21N3O. The van der Waals surface area contributed by atoms with Crippen LogP contribution in [0.4, 0.5) is 0 Å². The number of para-hydroxylation sites is 1. The topological polar surface area (TPSA) is 53.1 Å². The molecule has 0 saturated heterocycles. The lowest BCUT2D eigenvalue weighted by Crippen LogP contribution is -2.04. The monoisotopic (exact) mass is 247 g/mol. The summed E-state index contributed by atoms with van der Waals surface area (Å²) in [5.41, 5.74) is 9.01. The Kier molecular flexibility index (Phi) is 4.33. The fourth-order valence-corrected chi connectivity index (χ4v) is 2.12. The molecule has 4 heteroatoms. The van der Waals surface area contributed by atoms with Crippen molar-refractivity contribution in [3.05, 3.63) is 29.6 Å². The summed E-state index contributed by atoms with van der Waals surface area (Å²) in [7, 11) is 2.05. The Morgan fingerprint density at radius 2 is 2.17 bits per heavy atom. The normalized spacial score (nSPS) is 11.3. The second-order valence-corrected chi connectivity index (χ2v) is 4.44. The summed E-state index contributed by atoms with van der Waals surface area (Å²) in [6.45, 7) is 4.18. The Morgan fingerprint density at radius 3 is 2.89 bits per heavy atom. The lowest BCUT2D eigenvalue weighted by Gasteiger charge is -2.03. The van der Waals surface area contributed by atoms with Gasteiger partial charge in [0, 0.05) is 26.6 Å². The maximum absolute atomic E-state index is 5.74. The zero-order valence-electron chi connectivity index (χ0n) is 11.1. The van der Waals surface area contributed by atoms with Crippen LogP contribution in [0.1, 0.15) is 24.7 Å². The zero-order valence-corrected chi connectivity index (χ0v) is 11.1. The minimum atomic E-state index is 0.528. The van der Waals surface area contributed by atoms with E-state index < -0.39 is 0 Å². The van der Waals surface area contributed by atoms with E-state index in [0.29, 0.717) is 6.54 Å². The number of fused-ring (bicyclic) bond motifs is 1. The van der Waals surface area contributed by atoms with Crippen molar-refractivity contribution >= 4 is 11.0 Å². The quantitative estimate of drug-likeness (QED) is 0.794. The number of ether oxygens (including phenoxy) is 1. The van der Waals surface area contributed by atoms with E-state index in [9.17, 15) is 0 Å². The first-order valence-electron chi connectivity index (χ1n) is 6.49. The van der Waals surface area contributed by atoms with Crippen LogP contribution in [0.3, 0.4) is 0 Å². The molecule has 0 unspecified atom stereocenters. The fraction of sp³-hybridized carbons (Fsp3) is 0.500. The van der Waals surface area contributed by atoms with Crippen molar-refractivity contribution in [2.45, 2.75) is 26.3 Å². The van der Waals surface area contributed by atoms with Gasteiger partial charge in [0.1, 0.15) is 5.82 Å². The minimum Gasteiger partial charge on any atom is -0.381 e. The van der Waals surface area contributed by atoms with Crippen LogP contribution < -0.4 is 5.73 Å². The first-order chi connectivity index (χ1) is 8.77. The predicted molar refractivity (Wildman–Crippen MR) is 73.4 cm³/mol. The second-order valence-electron chi connectivity index (χ2n) is 4.44. The number of nitrogens with zero attached hydrogens (tertiary/aromatic N) is 2. The molecule has 18 heavy (non-hydrogen) atoms. The van der Waals surface area contributed by atoms with Crippen molar-refractivity contribution < 1.29 is 4.74 Å². The van der Waals surface area contributed by atoms with Crippen LogP contribution in [0.2, 0.25) is 0 Å². The van der Waals surface area contributed by atoms with Crippen molar-refractivity contribution in [1.82, 2.24) is 9.55 Å². The van der Waals surface area contributed by atoms with Gasteiger partial charge in [-0.15, -0.1) is 0 Å². The van der Waals surface area contributed by atoms with E-state index >= 15 is 0 Å². The van der Waals surface area contributed by atoms with Crippen LogP contribution in [0, 0.1) is 0 Å². The zero-order chi connectivity index (χ0) is 13.0. The lowest BCUT2D eigenvalue weighted by atomic mass is 10.2. The smallest absolute Gasteiger partial charge is 0.111 e. The highest BCUT2D eigenvalue weighted by atomic mass is 16.5. The summed E-state index contributed by atoms with van der Waals surface area (Å²) in [5.74, 6) is 1.06. The lowest BCUT2D eigenvalue weighted by molar-refractivity contribution is 0.136. The Hall–Kier alpha value is -1.39. The molecule has 0 aliphatic rings. The summed E-state index contributed by atoms with van der Waals surface area (Å²) >= 11 is 0. The molecule has 1 heterocycles. The van der Waals surface area contributed by atoms with Gasteiger partial charge < -0.3 is 15.0 Å². The molecule has 0 bridgehead atoms. The number of hydrogen-bond acceptors (Lipinski definition) is 3. The Morgan fingerprint density at radius 1 is 1.33 bits per heavy atom. The van der Waals surface area contributed by atoms with Gasteiger partial charge >= 0.3 is 0 Å². The van der Waals surface area contributed by atoms with Gasteiger partial charge in [-0.05, 0) is 18.1 Å². The van der Waals surface area contributed by atoms with Crippen LogP contribution in [0.5, 0.6) is 0 Å². The van der Waals surface area contributed by atoms with E-state index in [0.717, 1.165) is 48.5 Å². The van der Waals surface area contributed by atoms with Crippen LogP contribution in [-0.4, -0.2) is 22.8 Å². The third-order valence-electron chi connectivity index (χ3n) is 3.13. The van der Waals surface area contributed by atoms with Crippen LogP contribution in [0.25, 0.3) is 11.0 Å². The molecule has 0 saturated carbocycles. The molecule has 2 aromatic rings. The largest absolute Gasteiger partial charge is 0.381 e. The van der Waals surface area contributed by atoms with Crippen LogP contribution in [-0.2, 0) is 24.8 Å². The molecular weight excluding hydrogens is 226 g/mol. The number of aryl methyl sites for hydroxylation is 1. The number of hydrogen-bond donors (Lipinski definition) is 1. The summed E-state index contributed by atoms with van der Waals surface area (Å²) < 4.78 is 7.65. The molecule has 2 rings (SSSR count). The van der Waals surface area contributed by atoms with Crippen molar-refractivity contribution in [3.63, 3.8) is 0 Å². The number of benzene rings is 1. The van der Waals surface area contributed by atoms with Crippen molar-refractivity contribution in [3.8, 4) is 0 Å². The highest BCUT2D eigenvalue weighted by Gasteiger charge is 2.09. The van der Waals surface area contributed by atoms with E-state index in [1.54, 1.807) is 0 Å². The Bertz CT molecular complexity index is 519. The van der Waals surface area contributed by atoms with Gasteiger partial charge in [-0.1, -0.05) is 19.1 Å². The molecule has 2 N–H and O–H groups in total. The van der Waals surface area contributed by atoms with Gasteiger partial charge in [0.25, 0.3) is 0 Å². The van der Waals surface area contributed by atoms with E-state index in [2.05, 4.69) is 22.5 Å². The standard InChI is InChI=1S/C14H21N3O/c1-3-8-18-9-7-13-16-14-11(10-15)5-4-6-12(14)17(13)2/h4-6H,3,7-10,15H2,1-2H3. The minimum absolute atomic E-state index is 0.528. The Balaban J connectivity index is 2.21. The molecule has 0 aliphatic heterocycles. The SMILES string of the molecule is CCCOCCc1nc2c(CN)cccc2n1C. The summed E-state index contributed by atoms with van der Waals surface area (Å²) in [6.07, 6.45) is 1.90. The molecule has 0 aliphatic carbocycles. The number of rotatable bonds is 6. The van der Waals surface area contributed by atoms with Gasteiger partial charge in [-0.3, -0.25) is 0 Å².